The van der Waals surface area contributed by atoms with Gasteiger partial charge in [-0.15, -0.1) is 0 Å². The number of carbonyl (C=O) groups excluding carboxylic acids is 1. The average Bonchev–Trinajstić information content (AvgIpc) is 3.14. The molecule has 1 N–H and O–H groups in total. The fourth-order valence-electron chi connectivity index (χ4n) is 2.73. The van der Waals surface area contributed by atoms with E-state index in [0.717, 1.165) is 11.3 Å². The zero-order valence-corrected chi connectivity index (χ0v) is 13.6. The van der Waals surface area contributed by atoms with E-state index in [1.807, 2.05) is 18.2 Å². The third-order valence-corrected chi connectivity index (χ3v) is 4.10. The number of hydrogen-bond acceptors (Lipinski definition) is 4. The second-order valence-corrected chi connectivity index (χ2v) is 5.93. The molecule has 0 aliphatic carbocycles. The van der Waals surface area contributed by atoms with Crippen LogP contribution in [0.1, 0.15) is 21.7 Å². The molecule has 3 aromatic rings. The SMILES string of the molecule is Cc1nc2cc(Cl)ccn2c1C(=O)NCc1ccc2c(c1)OCO2. The largest absolute Gasteiger partial charge is 0.454 e. The monoisotopic (exact) mass is 343 g/mol. The Morgan fingerprint density at radius 3 is 3.00 bits per heavy atom. The molecule has 0 unspecified atom stereocenters. The lowest BCUT2D eigenvalue weighted by molar-refractivity contribution is 0.0944. The summed E-state index contributed by atoms with van der Waals surface area (Å²) in [6, 6.07) is 9.05. The number of hydrogen-bond donors (Lipinski definition) is 1. The highest BCUT2D eigenvalue weighted by Crippen LogP contribution is 2.32. The first kappa shape index (κ1) is 14.8. The van der Waals surface area contributed by atoms with Crippen LogP contribution in [0.25, 0.3) is 5.65 Å². The molecule has 0 saturated heterocycles. The Morgan fingerprint density at radius 2 is 2.12 bits per heavy atom. The average molecular weight is 344 g/mol. The molecule has 1 aromatic carbocycles. The van der Waals surface area contributed by atoms with Crippen LogP contribution >= 0.6 is 11.6 Å². The molecule has 24 heavy (non-hydrogen) atoms. The molecule has 7 heteroatoms. The fraction of sp³-hybridized carbons (Fsp3) is 0.176. The molecule has 2 aromatic heterocycles. The van der Waals surface area contributed by atoms with Crippen molar-refractivity contribution in [2.75, 3.05) is 6.79 Å². The molecule has 0 atom stereocenters. The minimum absolute atomic E-state index is 0.194. The molecule has 0 fully saturated rings. The topological polar surface area (TPSA) is 64.9 Å². The van der Waals surface area contributed by atoms with Crippen molar-refractivity contribution < 1.29 is 14.3 Å². The van der Waals surface area contributed by atoms with Gasteiger partial charge in [0.05, 0.1) is 5.69 Å². The summed E-state index contributed by atoms with van der Waals surface area (Å²) in [5, 5.41) is 3.49. The number of nitrogens with zero attached hydrogens (tertiary/aromatic N) is 2. The Balaban J connectivity index is 1.55. The highest BCUT2D eigenvalue weighted by Gasteiger charge is 2.17. The van der Waals surface area contributed by atoms with Crippen LogP contribution in [-0.4, -0.2) is 22.1 Å². The second kappa shape index (κ2) is 5.72. The molecule has 4 rings (SSSR count). The van der Waals surface area contributed by atoms with Crippen LogP contribution in [0, 0.1) is 6.92 Å². The minimum Gasteiger partial charge on any atom is -0.454 e. The molecular weight excluding hydrogens is 330 g/mol. The summed E-state index contributed by atoms with van der Waals surface area (Å²) in [5.74, 6) is 1.22. The quantitative estimate of drug-likeness (QED) is 0.794. The standard InChI is InChI=1S/C17H14ClN3O3/c1-10-16(21-5-4-12(18)7-15(21)20-10)17(22)19-8-11-2-3-13-14(6-11)24-9-23-13/h2-7H,8-9H2,1H3,(H,19,22). The molecule has 0 radical (unpaired) electrons. The van der Waals surface area contributed by atoms with E-state index in [1.54, 1.807) is 29.7 Å². The number of ether oxygens (including phenoxy) is 2. The van der Waals surface area contributed by atoms with Gasteiger partial charge in [-0.3, -0.25) is 9.20 Å². The molecule has 0 spiro atoms. The van der Waals surface area contributed by atoms with Crippen LogP contribution in [-0.2, 0) is 6.54 Å². The number of halogens is 1. The highest BCUT2D eigenvalue weighted by atomic mass is 35.5. The van der Waals surface area contributed by atoms with E-state index in [4.69, 9.17) is 21.1 Å². The molecule has 1 amide bonds. The molecule has 122 valence electrons. The predicted octanol–water partition coefficient (Wildman–Crippen LogP) is 2.95. The van der Waals surface area contributed by atoms with Crippen molar-refractivity contribution in [2.45, 2.75) is 13.5 Å². The van der Waals surface area contributed by atoms with Crippen molar-refractivity contribution in [1.82, 2.24) is 14.7 Å². The maximum Gasteiger partial charge on any atom is 0.270 e. The number of amides is 1. The lowest BCUT2D eigenvalue weighted by Crippen LogP contribution is -2.24. The van der Waals surface area contributed by atoms with E-state index in [9.17, 15) is 4.79 Å². The number of pyridine rings is 1. The molecule has 6 nitrogen and oxygen atoms in total. The van der Waals surface area contributed by atoms with E-state index in [1.165, 1.54) is 0 Å². The number of nitrogens with one attached hydrogen (secondary N) is 1. The lowest BCUT2D eigenvalue weighted by atomic mass is 10.2. The van der Waals surface area contributed by atoms with Gasteiger partial charge in [0.1, 0.15) is 11.3 Å². The summed E-state index contributed by atoms with van der Waals surface area (Å²) in [6.07, 6.45) is 1.74. The summed E-state index contributed by atoms with van der Waals surface area (Å²) in [7, 11) is 0. The summed E-state index contributed by atoms with van der Waals surface area (Å²) in [6.45, 7) is 2.42. The third kappa shape index (κ3) is 2.55. The Hall–Kier alpha value is -2.73. The van der Waals surface area contributed by atoms with Crippen LogP contribution in [0.5, 0.6) is 11.5 Å². The van der Waals surface area contributed by atoms with Gasteiger partial charge in [-0.25, -0.2) is 4.98 Å². The van der Waals surface area contributed by atoms with Crippen LogP contribution in [0.15, 0.2) is 36.5 Å². The zero-order chi connectivity index (χ0) is 16.7. The molecule has 0 saturated carbocycles. The first-order valence-corrected chi connectivity index (χ1v) is 7.80. The van der Waals surface area contributed by atoms with Crippen LogP contribution < -0.4 is 14.8 Å². The lowest BCUT2D eigenvalue weighted by Gasteiger charge is -2.07. The van der Waals surface area contributed by atoms with Gasteiger partial charge in [0.15, 0.2) is 11.5 Å². The number of rotatable bonds is 3. The molecule has 0 bridgehead atoms. The van der Waals surface area contributed by atoms with E-state index in [0.29, 0.717) is 34.4 Å². The number of aryl methyl sites for hydroxylation is 1. The summed E-state index contributed by atoms with van der Waals surface area (Å²) < 4.78 is 12.4. The Kier molecular flexibility index (Phi) is 3.54. The third-order valence-electron chi connectivity index (χ3n) is 3.87. The second-order valence-electron chi connectivity index (χ2n) is 5.49. The Bertz CT molecular complexity index is 952. The van der Waals surface area contributed by atoms with Crippen LogP contribution in [0.2, 0.25) is 5.02 Å². The van der Waals surface area contributed by atoms with Crippen molar-refractivity contribution in [3.05, 3.63) is 58.5 Å². The Morgan fingerprint density at radius 1 is 1.29 bits per heavy atom. The van der Waals surface area contributed by atoms with Gasteiger partial charge in [0.25, 0.3) is 5.91 Å². The van der Waals surface area contributed by atoms with Crippen LogP contribution in [0.3, 0.4) is 0 Å². The van der Waals surface area contributed by atoms with E-state index in [2.05, 4.69) is 10.3 Å². The van der Waals surface area contributed by atoms with Gasteiger partial charge in [0, 0.05) is 23.8 Å². The molecule has 3 heterocycles. The van der Waals surface area contributed by atoms with Crippen molar-refractivity contribution >= 4 is 23.2 Å². The highest BCUT2D eigenvalue weighted by molar-refractivity contribution is 6.30. The summed E-state index contributed by atoms with van der Waals surface area (Å²) in [4.78, 5) is 17.0. The number of imidazole rings is 1. The number of aromatic nitrogens is 2. The first-order valence-electron chi connectivity index (χ1n) is 7.43. The van der Waals surface area contributed by atoms with Crippen molar-refractivity contribution in [3.63, 3.8) is 0 Å². The minimum atomic E-state index is -0.194. The predicted molar refractivity (Wildman–Crippen MR) is 88.7 cm³/mol. The van der Waals surface area contributed by atoms with Gasteiger partial charge in [0.2, 0.25) is 6.79 Å². The Labute approximate surface area is 143 Å². The van der Waals surface area contributed by atoms with E-state index < -0.39 is 0 Å². The first-order chi connectivity index (χ1) is 11.6. The maximum absolute atomic E-state index is 12.6. The number of benzene rings is 1. The molecular formula is C17H14ClN3O3. The van der Waals surface area contributed by atoms with Gasteiger partial charge in [-0.1, -0.05) is 17.7 Å². The summed E-state index contributed by atoms with van der Waals surface area (Å²) >= 11 is 5.97. The molecule has 1 aliphatic rings. The van der Waals surface area contributed by atoms with Gasteiger partial charge >= 0.3 is 0 Å². The maximum atomic E-state index is 12.6. The van der Waals surface area contributed by atoms with E-state index >= 15 is 0 Å². The van der Waals surface area contributed by atoms with E-state index in [-0.39, 0.29) is 12.7 Å². The van der Waals surface area contributed by atoms with Crippen molar-refractivity contribution in [1.29, 1.82) is 0 Å². The smallest absolute Gasteiger partial charge is 0.270 e. The van der Waals surface area contributed by atoms with Gasteiger partial charge in [-0.05, 0) is 30.7 Å². The van der Waals surface area contributed by atoms with Crippen molar-refractivity contribution in [3.8, 4) is 11.5 Å². The number of fused-ring (bicyclic) bond motifs is 2. The summed E-state index contributed by atoms with van der Waals surface area (Å²) in [5.41, 5.74) is 2.73. The number of carbonyl (C=O) groups is 1. The fourth-order valence-corrected chi connectivity index (χ4v) is 2.88. The van der Waals surface area contributed by atoms with Gasteiger partial charge in [-0.2, -0.15) is 0 Å². The zero-order valence-electron chi connectivity index (χ0n) is 12.9. The van der Waals surface area contributed by atoms with Gasteiger partial charge < -0.3 is 14.8 Å². The normalized spacial score (nSPS) is 12.6. The van der Waals surface area contributed by atoms with Crippen LogP contribution in [0.4, 0.5) is 0 Å². The molecule has 1 aliphatic heterocycles. The van der Waals surface area contributed by atoms with Crippen molar-refractivity contribution in [2.24, 2.45) is 0 Å².